The molecule has 2 aliphatic rings. The maximum Gasteiger partial charge on any atom is 0.0726 e. The van der Waals surface area contributed by atoms with Crippen LogP contribution in [0.15, 0.2) is 194 Å². The quantitative estimate of drug-likeness (QED) is 0.181. The fourth-order valence-electron chi connectivity index (χ4n) is 9.03. The third-order valence-corrected chi connectivity index (χ3v) is 11.4. The summed E-state index contributed by atoms with van der Waals surface area (Å²) in [6, 6.07) is 70.1. The molecule has 0 aliphatic heterocycles. The molecule has 0 saturated carbocycles. The number of nitrogens with one attached hydrogen (secondary N) is 1. The number of benzene rings is 9. The van der Waals surface area contributed by atoms with Gasteiger partial charge in [-0.15, -0.1) is 0 Å². The van der Waals surface area contributed by atoms with Gasteiger partial charge in [0.05, 0.1) is 16.8 Å². The van der Waals surface area contributed by atoms with Crippen LogP contribution in [0.1, 0.15) is 27.8 Å². The molecular formula is C52H38N2. The minimum absolute atomic E-state index is 0.424. The van der Waals surface area contributed by atoms with Crippen LogP contribution in [0.3, 0.4) is 0 Å². The van der Waals surface area contributed by atoms with Crippen molar-refractivity contribution in [1.29, 1.82) is 0 Å². The highest BCUT2D eigenvalue weighted by Gasteiger charge is 2.52. The number of hydrogen-bond acceptors (Lipinski definition) is 2. The van der Waals surface area contributed by atoms with Gasteiger partial charge in [-0.3, -0.25) is 0 Å². The molecule has 0 aromatic heterocycles. The van der Waals surface area contributed by atoms with Crippen molar-refractivity contribution in [2.45, 2.75) is 12.3 Å². The Kier molecular flexibility index (Phi) is 7.45. The van der Waals surface area contributed by atoms with Gasteiger partial charge in [0.2, 0.25) is 0 Å². The lowest BCUT2D eigenvalue weighted by Gasteiger charge is -2.31. The molecule has 0 amide bonds. The van der Waals surface area contributed by atoms with Crippen LogP contribution < -0.4 is 11.1 Å². The Balaban J connectivity index is 0.000000467. The molecule has 9 aromatic rings. The minimum atomic E-state index is -0.424. The topological polar surface area (TPSA) is 38.0 Å². The summed E-state index contributed by atoms with van der Waals surface area (Å²) in [5.41, 5.74) is 23.0. The molecule has 1 spiro atoms. The van der Waals surface area contributed by atoms with E-state index in [4.69, 9.17) is 5.73 Å². The Hall–Kier alpha value is -6.90. The highest BCUT2D eigenvalue weighted by Crippen LogP contribution is 2.65. The van der Waals surface area contributed by atoms with Gasteiger partial charge in [-0.2, -0.15) is 0 Å². The van der Waals surface area contributed by atoms with Crippen molar-refractivity contribution in [2.75, 3.05) is 11.1 Å². The highest BCUT2D eigenvalue weighted by molar-refractivity contribution is 6.16. The zero-order valence-corrected chi connectivity index (χ0v) is 30.1. The zero-order valence-electron chi connectivity index (χ0n) is 30.1. The number of nitrogen functional groups attached to an aromatic ring is 1. The summed E-state index contributed by atoms with van der Waals surface area (Å²) in [5, 5.41) is 8.61. The predicted octanol–water partition coefficient (Wildman–Crippen LogP) is 13.3. The molecule has 3 N–H and O–H groups in total. The van der Waals surface area contributed by atoms with Gasteiger partial charge < -0.3 is 11.1 Å². The van der Waals surface area contributed by atoms with Gasteiger partial charge in [0.15, 0.2) is 0 Å². The van der Waals surface area contributed by atoms with Crippen molar-refractivity contribution in [3.05, 3.63) is 222 Å². The number of hydrogen-bond donors (Lipinski definition) is 2. The standard InChI is InChI=1S/C45H30N2.C7H8/c46-41-19-9-10-20-42(41)47-30-24-21-29(22-25-30)36-27-40-44(35-16-4-3-13-32(35)36)43-31-12-2-1-11-28(31)23-26-39(43)45(40)37-17-7-5-14-33(37)34-15-6-8-18-38(34)45;1-7-5-3-2-4-6-7/h1-27,47H,46H2;2-6H,1H3. The highest BCUT2D eigenvalue weighted by atomic mass is 14.9. The van der Waals surface area contributed by atoms with E-state index in [0.717, 1.165) is 17.1 Å². The van der Waals surface area contributed by atoms with Crippen LogP contribution in [0.4, 0.5) is 17.1 Å². The Bertz CT molecular complexity index is 2820. The van der Waals surface area contributed by atoms with E-state index in [2.05, 4.69) is 164 Å². The molecule has 0 atom stereocenters. The van der Waals surface area contributed by atoms with Gasteiger partial charge in [0, 0.05) is 5.69 Å². The SMILES string of the molecule is Cc1ccccc1.Nc1ccccc1Nc1ccc(-c2cc3c(c4ccccc24)-c2c(ccc4ccccc24)C32c3ccccc3-c3ccccc32)cc1. The molecule has 0 fully saturated rings. The summed E-state index contributed by atoms with van der Waals surface area (Å²) >= 11 is 0. The molecular weight excluding hydrogens is 653 g/mol. The molecule has 2 nitrogen and oxygen atoms in total. The first-order valence-electron chi connectivity index (χ1n) is 18.6. The molecule has 0 bridgehead atoms. The largest absolute Gasteiger partial charge is 0.397 e. The molecule has 0 heterocycles. The van der Waals surface area contributed by atoms with Crippen LogP contribution in [0, 0.1) is 6.92 Å². The van der Waals surface area contributed by atoms with Crippen LogP contribution in [-0.2, 0) is 5.41 Å². The molecule has 0 radical (unpaired) electrons. The molecule has 256 valence electrons. The van der Waals surface area contributed by atoms with Crippen molar-refractivity contribution in [2.24, 2.45) is 0 Å². The monoisotopic (exact) mass is 690 g/mol. The summed E-state index contributed by atoms with van der Waals surface area (Å²) in [6.45, 7) is 2.08. The maximum absolute atomic E-state index is 6.24. The van der Waals surface area contributed by atoms with Gasteiger partial charge in [0.25, 0.3) is 0 Å². The van der Waals surface area contributed by atoms with Gasteiger partial charge in [0.1, 0.15) is 0 Å². The predicted molar refractivity (Wildman–Crippen MR) is 229 cm³/mol. The average Bonchev–Trinajstić information content (AvgIpc) is 3.70. The number of nitrogens with two attached hydrogens (primary N) is 1. The first-order chi connectivity index (χ1) is 26.6. The summed E-state index contributed by atoms with van der Waals surface area (Å²) in [6.07, 6.45) is 0. The average molecular weight is 691 g/mol. The van der Waals surface area contributed by atoms with E-state index in [1.165, 1.54) is 82.7 Å². The second-order valence-corrected chi connectivity index (χ2v) is 14.4. The van der Waals surface area contributed by atoms with E-state index in [1.807, 2.05) is 42.5 Å². The third kappa shape index (κ3) is 4.81. The molecule has 9 aromatic carbocycles. The van der Waals surface area contributed by atoms with Crippen molar-refractivity contribution in [1.82, 2.24) is 0 Å². The lowest BCUT2D eigenvalue weighted by molar-refractivity contribution is 0.795. The van der Waals surface area contributed by atoms with Crippen molar-refractivity contribution >= 4 is 38.6 Å². The fraction of sp³-hybridized carbons (Fsp3) is 0.0385. The van der Waals surface area contributed by atoms with E-state index < -0.39 is 5.41 Å². The van der Waals surface area contributed by atoms with E-state index in [0.29, 0.717) is 0 Å². The summed E-state index contributed by atoms with van der Waals surface area (Å²) in [7, 11) is 0. The van der Waals surface area contributed by atoms with Crippen LogP contribution in [0.5, 0.6) is 0 Å². The molecule has 0 unspecified atom stereocenters. The molecule has 2 aliphatic carbocycles. The first kappa shape index (κ1) is 31.8. The second-order valence-electron chi connectivity index (χ2n) is 14.4. The van der Waals surface area contributed by atoms with Crippen LogP contribution in [0.25, 0.3) is 54.9 Å². The molecule has 11 rings (SSSR count). The number of para-hydroxylation sites is 2. The van der Waals surface area contributed by atoms with Gasteiger partial charge in [-0.25, -0.2) is 0 Å². The second kappa shape index (κ2) is 12.6. The number of anilines is 3. The zero-order chi connectivity index (χ0) is 36.2. The van der Waals surface area contributed by atoms with Crippen molar-refractivity contribution in [3.63, 3.8) is 0 Å². The lowest BCUT2D eigenvalue weighted by Crippen LogP contribution is -2.26. The van der Waals surface area contributed by atoms with E-state index in [9.17, 15) is 0 Å². The van der Waals surface area contributed by atoms with E-state index >= 15 is 0 Å². The third-order valence-electron chi connectivity index (χ3n) is 11.4. The van der Waals surface area contributed by atoms with E-state index in [-0.39, 0.29) is 0 Å². The summed E-state index contributed by atoms with van der Waals surface area (Å²) in [4.78, 5) is 0. The van der Waals surface area contributed by atoms with Crippen molar-refractivity contribution < 1.29 is 0 Å². The molecule has 54 heavy (non-hydrogen) atoms. The number of rotatable bonds is 3. The first-order valence-corrected chi connectivity index (χ1v) is 18.6. The number of fused-ring (bicyclic) bond motifs is 14. The van der Waals surface area contributed by atoms with Crippen LogP contribution in [0.2, 0.25) is 0 Å². The maximum atomic E-state index is 6.24. The molecule has 0 saturated heterocycles. The normalized spacial score (nSPS) is 12.8. The minimum Gasteiger partial charge on any atom is -0.397 e. The fourth-order valence-corrected chi connectivity index (χ4v) is 9.03. The Labute approximate surface area is 316 Å². The van der Waals surface area contributed by atoms with E-state index in [1.54, 1.807) is 0 Å². The smallest absolute Gasteiger partial charge is 0.0726 e. The Morgan fingerprint density at radius 3 is 1.69 bits per heavy atom. The van der Waals surface area contributed by atoms with Gasteiger partial charge in [-0.05, 0) is 114 Å². The summed E-state index contributed by atoms with van der Waals surface area (Å²) in [5.74, 6) is 0. The van der Waals surface area contributed by atoms with Crippen LogP contribution >= 0.6 is 0 Å². The van der Waals surface area contributed by atoms with Gasteiger partial charge >= 0.3 is 0 Å². The Morgan fingerprint density at radius 2 is 1.00 bits per heavy atom. The summed E-state index contributed by atoms with van der Waals surface area (Å²) < 4.78 is 0. The van der Waals surface area contributed by atoms with Crippen molar-refractivity contribution in [3.8, 4) is 33.4 Å². The van der Waals surface area contributed by atoms with Gasteiger partial charge in [-0.1, -0.05) is 169 Å². The molecule has 2 heteroatoms. The lowest BCUT2D eigenvalue weighted by atomic mass is 9.70. The number of aryl methyl sites for hydroxylation is 1. The van der Waals surface area contributed by atoms with Crippen LogP contribution in [-0.4, -0.2) is 0 Å². The Morgan fingerprint density at radius 1 is 0.426 bits per heavy atom.